The van der Waals surface area contributed by atoms with Crippen molar-refractivity contribution in [2.24, 2.45) is 0 Å². The normalized spacial score (nSPS) is 12.0. The highest BCUT2D eigenvalue weighted by Gasteiger charge is 2.19. The van der Waals surface area contributed by atoms with Gasteiger partial charge in [-0.3, -0.25) is 15.1 Å². The predicted octanol–water partition coefficient (Wildman–Crippen LogP) is 2.68. The van der Waals surface area contributed by atoms with Crippen molar-refractivity contribution in [2.75, 3.05) is 11.9 Å². The number of nitrogens with zero attached hydrogens (tertiary/aromatic N) is 3. The monoisotopic (exact) mass is 287 g/mol. The Morgan fingerprint density at radius 1 is 1.43 bits per heavy atom. The fourth-order valence-corrected chi connectivity index (χ4v) is 2.12. The zero-order valence-electron chi connectivity index (χ0n) is 11.9. The minimum Gasteiger partial charge on any atom is -0.389 e. The minimum absolute atomic E-state index is 0.0141. The third-order valence-electron chi connectivity index (χ3n) is 3.23. The number of aliphatic hydroxyl groups is 1. The van der Waals surface area contributed by atoms with Gasteiger partial charge in [0.2, 0.25) is 0 Å². The Morgan fingerprint density at radius 2 is 2.19 bits per heavy atom. The lowest BCUT2D eigenvalue weighted by atomic mass is 10.1. The van der Waals surface area contributed by atoms with E-state index in [1.165, 1.54) is 6.07 Å². The van der Waals surface area contributed by atoms with Gasteiger partial charge in [0.25, 0.3) is 5.69 Å². The van der Waals surface area contributed by atoms with Gasteiger partial charge in [-0.05, 0) is 30.2 Å². The zero-order valence-corrected chi connectivity index (χ0v) is 11.9. The van der Waals surface area contributed by atoms with Crippen LogP contribution in [0, 0.1) is 10.1 Å². The van der Waals surface area contributed by atoms with E-state index in [0.717, 1.165) is 5.56 Å². The maximum Gasteiger partial charge on any atom is 0.292 e. The molecule has 6 heteroatoms. The summed E-state index contributed by atoms with van der Waals surface area (Å²) >= 11 is 0. The smallest absolute Gasteiger partial charge is 0.292 e. The first-order chi connectivity index (χ1) is 9.99. The molecule has 0 aliphatic carbocycles. The molecule has 0 bridgehead atoms. The van der Waals surface area contributed by atoms with Crippen LogP contribution >= 0.6 is 0 Å². The maximum absolute atomic E-state index is 11.2. The SMILES string of the molecule is CC(O)c1ccc(N(C)Cc2cccnc2)c([N+](=O)[O-])c1. The van der Waals surface area contributed by atoms with Crippen LogP contribution in [-0.2, 0) is 6.54 Å². The van der Waals surface area contributed by atoms with Crippen LogP contribution in [0.2, 0.25) is 0 Å². The van der Waals surface area contributed by atoms with Gasteiger partial charge in [-0.15, -0.1) is 0 Å². The Bertz CT molecular complexity index is 629. The Kier molecular flexibility index (Phi) is 4.49. The molecule has 0 aliphatic rings. The van der Waals surface area contributed by atoms with E-state index in [1.54, 1.807) is 43.4 Å². The Hall–Kier alpha value is -2.47. The first-order valence-corrected chi connectivity index (χ1v) is 6.55. The molecule has 21 heavy (non-hydrogen) atoms. The number of pyridine rings is 1. The van der Waals surface area contributed by atoms with Gasteiger partial charge in [-0.1, -0.05) is 12.1 Å². The Balaban J connectivity index is 2.32. The molecule has 0 amide bonds. The number of aliphatic hydroxyl groups excluding tert-OH is 1. The second-order valence-corrected chi connectivity index (χ2v) is 4.90. The number of anilines is 1. The van der Waals surface area contributed by atoms with Crippen LogP contribution in [-0.4, -0.2) is 22.1 Å². The quantitative estimate of drug-likeness (QED) is 0.675. The van der Waals surface area contributed by atoms with Crippen LogP contribution in [0.25, 0.3) is 0 Å². The molecule has 1 N–H and O–H groups in total. The van der Waals surface area contributed by atoms with Gasteiger partial charge >= 0.3 is 0 Å². The molecule has 0 aliphatic heterocycles. The topological polar surface area (TPSA) is 79.5 Å². The third-order valence-corrected chi connectivity index (χ3v) is 3.23. The molecule has 0 fully saturated rings. The zero-order chi connectivity index (χ0) is 15.4. The number of benzene rings is 1. The average molecular weight is 287 g/mol. The first-order valence-electron chi connectivity index (χ1n) is 6.55. The van der Waals surface area contributed by atoms with Gasteiger partial charge in [-0.25, -0.2) is 0 Å². The molecule has 0 saturated carbocycles. The molecule has 2 rings (SSSR count). The highest BCUT2D eigenvalue weighted by molar-refractivity contribution is 5.64. The molecular weight excluding hydrogens is 270 g/mol. The summed E-state index contributed by atoms with van der Waals surface area (Å²) in [7, 11) is 1.79. The van der Waals surface area contributed by atoms with E-state index in [2.05, 4.69) is 4.98 Å². The Labute approximate surface area is 122 Å². The lowest BCUT2D eigenvalue weighted by Crippen LogP contribution is -2.18. The van der Waals surface area contributed by atoms with E-state index in [0.29, 0.717) is 17.8 Å². The van der Waals surface area contributed by atoms with Crippen LogP contribution in [0.15, 0.2) is 42.7 Å². The number of nitro groups is 1. The van der Waals surface area contributed by atoms with E-state index >= 15 is 0 Å². The van der Waals surface area contributed by atoms with Gasteiger partial charge < -0.3 is 10.0 Å². The number of aromatic nitrogens is 1. The highest BCUT2D eigenvalue weighted by Crippen LogP contribution is 2.31. The average Bonchev–Trinajstić information content (AvgIpc) is 2.47. The second kappa shape index (κ2) is 6.32. The minimum atomic E-state index is -0.735. The van der Waals surface area contributed by atoms with Crippen LogP contribution in [0.1, 0.15) is 24.2 Å². The summed E-state index contributed by atoms with van der Waals surface area (Å²) in [6, 6.07) is 8.52. The summed E-state index contributed by atoms with van der Waals surface area (Å²) in [6.07, 6.45) is 2.68. The molecule has 0 spiro atoms. The van der Waals surface area contributed by atoms with Crippen molar-refractivity contribution in [1.82, 2.24) is 4.98 Å². The number of rotatable bonds is 5. The lowest BCUT2D eigenvalue weighted by molar-refractivity contribution is -0.384. The molecular formula is C15H17N3O3. The molecule has 1 aromatic carbocycles. The summed E-state index contributed by atoms with van der Waals surface area (Å²) in [6.45, 7) is 2.10. The number of hydrogen-bond donors (Lipinski definition) is 1. The largest absolute Gasteiger partial charge is 0.389 e. The third kappa shape index (κ3) is 3.55. The van der Waals surface area contributed by atoms with Crippen molar-refractivity contribution in [3.63, 3.8) is 0 Å². The van der Waals surface area contributed by atoms with Crippen LogP contribution in [0.3, 0.4) is 0 Å². The fraction of sp³-hybridized carbons (Fsp3) is 0.267. The van der Waals surface area contributed by atoms with E-state index < -0.39 is 11.0 Å². The maximum atomic E-state index is 11.2. The Morgan fingerprint density at radius 3 is 2.76 bits per heavy atom. The van der Waals surface area contributed by atoms with Crippen molar-refractivity contribution < 1.29 is 10.0 Å². The molecule has 0 radical (unpaired) electrons. The van der Waals surface area contributed by atoms with E-state index in [4.69, 9.17) is 0 Å². The number of hydrogen-bond acceptors (Lipinski definition) is 5. The second-order valence-electron chi connectivity index (χ2n) is 4.90. The predicted molar refractivity (Wildman–Crippen MR) is 80.1 cm³/mol. The summed E-state index contributed by atoms with van der Waals surface area (Å²) in [5.41, 5.74) is 1.99. The molecule has 2 aromatic rings. The molecule has 1 unspecified atom stereocenters. The van der Waals surface area contributed by atoms with E-state index in [-0.39, 0.29) is 5.69 Å². The van der Waals surface area contributed by atoms with Gasteiger partial charge in [0, 0.05) is 32.1 Å². The van der Waals surface area contributed by atoms with Gasteiger partial charge in [-0.2, -0.15) is 0 Å². The van der Waals surface area contributed by atoms with Crippen LogP contribution in [0.5, 0.6) is 0 Å². The van der Waals surface area contributed by atoms with Crippen molar-refractivity contribution in [1.29, 1.82) is 0 Å². The van der Waals surface area contributed by atoms with Gasteiger partial charge in [0.1, 0.15) is 5.69 Å². The summed E-state index contributed by atoms with van der Waals surface area (Å²) in [4.78, 5) is 16.6. The van der Waals surface area contributed by atoms with E-state index in [9.17, 15) is 15.2 Å². The lowest BCUT2D eigenvalue weighted by Gasteiger charge is -2.20. The van der Waals surface area contributed by atoms with Crippen molar-refractivity contribution >= 4 is 11.4 Å². The van der Waals surface area contributed by atoms with E-state index in [1.807, 2.05) is 12.1 Å². The molecule has 6 nitrogen and oxygen atoms in total. The summed E-state index contributed by atoms with van der Waals surface area (Å²) in [5.74, 6) is 0. The molecule has 1 aromatic heterocycles. The molecule has 110 valence electrons. The highest BCUT2D eigenvalue weighted by atomic mass is 16.6. The van der Waals surface area contributed by atoms with Gasteiger partial charge in [0.15, 0.2) is 0 Å². The summed E-state index contributed by atoms with van der Waals surface area (Å²) in [5, 5.41) is 20.8. The molecule has 0 saturated heterocycles. The number of nitro benzene ring substituents is 1. The fourth-order valence-electron chi connectivity index (χ4n) is 2.12. The standard InChI is InChI=1S/C15H17N3O3/c1-11(19)13-5-6-14(15(8-13)18(20)21)17(2)10-12-4-3-7-16-9-12/h3-9,11,19H,10H2,1-2H3. The van der Waals surface area contributed by atoms with Gasteiger partial charge in [0.05, 0.1) is 11.0 Å². The first kappa shape index (κ1) is 14.9. The molecule has 1 heterocycles. The molecule has 1 atom stereocenters. The van der Waals surface area contributed by atoms with Crippen molar-refractivity contribution in [3.05, 3.63) is 64.0 Å². The summed E-state index contributed by atoms with van der Waals surface area (Å²) < 4.78 is 0. The van der Waals surface area contributed by atoms with Crippen LogP contribution in [0.4, 0.5) is 11.4 Å². The van der Waals surface area contributed by atoms with Crippen molar-refractivity contribution in [3.8, 4) is 0 Å². The van der Waals surface area contributed by atoms with Crippen molar-refractivity contribution in [2.45, 2.75) is 19.6 Å². The van der Waals surface area contributed by atoms with Crippen LogP contribution < -0.4 is 4.90 Å².